The molecule has 0 aliphatic rings. The predicted molar refractivity (Wildman–Crippen MR) is 33.0 cm³/mol. The van der Waals surface area contributed by atoms with Gasteiger partial charge in [-0.15, -0.1) is 0 Å². The Morgan fingerprint density at radius 2 is 2.00 bits per heavy atom. The normalized spacial score (nSPS) is 20.6. The van der Waals surface area contributed by atoms with Gasteiger partial charge in [0.15, 0.2) is 5.78 Å². The van der Waals surface area contributed by atoms with E-state index in [-0.39, 0.29) is 0 Å². The highest BCUT2D eigenvalue weighted by Crippen LogP contribution is 2.09. The topological polar surface area (TPSA) is 57.5 Å². The van der Waals surface area contributed by atoms with E-state index in [0.717, 1.165) is 0 Å². The molecule has 0 saturated heterocycles. The van der Waals surface area contributed by atoms with Crippen molar-refractivity contribution in [2.75, 3.05) is 0 Å². The molecule has 0 aliphatic carbocycles. The standard InChI is InChI=1S/C6H12O3/c1-4(7)6(3,9)5(2)8/h4,7,9H,1-3H3. The zero-order chi connectivity index (χ0) is 7.65. The molecule has 2 atom stereocenters. The molecule has 0 rings (SSSR count). The minimum Gasteiger partial charge on any atom is -0.390 e. The summed E-state index contributed by atoms with van der Waals surface area (Å²) in [5.41, 5.74) is -1.58. The van der Waals surface area contributed by atoms with Gasteiger partial charge in [0.2, 0.25) is 0 Å². The van der Waals surface area contributed by atoms with Gasteiger partial charge in [-0.05, 0) is 20.8 Å². The van der Waals surface area contributed by atoms with E-state index in [1.54, 1.807) is 0 Å². The van der Waals surface area contributed by atoms with Crippen LogP contribution in [0.4, 0.5) is 0 Å². The minimum atomic E-state index is -1.58. The van der Waals surface area contributed by atoms with Crippen LogP contribution in [-0.2, 0) is 4.79 Å². The maximum Gasteiger partial charge on any atom is 0.163 e. The van der Waals surface area contributed by atoms with Crippen LogP contribution >= 0.6 is 0 Å². The molecule has 3 heteroatoms. The Morgan fingerprint density at radius 3 is 2.00 bits per heavy atom. The molecule has 0 heterocycles. The van der Waals surface area contributed by atoms with Crippen LogP contribution in [0, 0.1) is 0 Å². The first-order chi connectivity index (χ1) is 3.89. The molecular weight excluding hydrogens is 120 g/mol. The average Bonchev–Trinajstić information content (AvgIpc) is 1.65. The van der Waals surface area contributed by atoms with Crippen molar-refractivity contribution in [2.24, 2.45) is 0 Å². The lowest BCUT2D eigenvalue weighted by Gasteiger charge is -2.22. The Balaban J connectivity index is 4.19. The Labute approximate surface area is 54.3 Å². The van der Waals surface area contributed by atoms with Crippen LogP contribution in [0.3, 0.4) is 0 Å². The second-order valence-corrected chi connectivity index (χ2v) is 2.38. The maximum atomic E-state index is 10.5. The SMILES string of the molecule is CC(=O)C(C)(O)C(C)O. The summed E-state index contributed by atoms with van der Waals surface area (Å²) in [6.07, 6.45) is -1.00. The summed E-state index contributed by atoms with van der Waals surface area (Å²) < 4.78 is 0. The van der Waals surface area contributed by atoms with Crippen LogP contribution in [0.15, 0.2) is 0 Å². The van der Waals surface area contributed by atoms with Gasteiger partial charge in [-0.2, -0.15) is 0 Å². The molecule has 0 fully saturated rings. The quantitative estimate of drug-likeness (QED) is 0.542. The van der Waals surface area contributed by atoms with Crippen molar-refractivity contribution in [3.8, 4) is 0 Å². The molecule has 3 nitrogen and oxygen atoms in total. The first kappa shape index (κ1) is 8.59. The second-order valence-electron chi connectivity index (χ2n) is 2.38. The maximum absolute atomic E-state index is 10.5. The third kappa shape index (κ3) is 1.77. The summed E-state index contributed by atoms with van der Waals surface area (Å²) in [5.74, 6) is -0.419. The Morgan fingerprint density at radius 1 is 1.67 bits per heavy atom. The van der Waals surface area contributed by atoms with Crippen molar-refractivity contribution in [1.82, 2.24) is 0 Å². The molecule has 54 valence electrons. The molecular formula is C6H12O3. The van der Waals surface area contributed by atoms with Gasteiger partial charge >= 0.3 is 0 Å². The number of hydrogen-bond donors (Lipinski definition) is 2. The van der Waals surface area contributed by atoms with Gasteiger partial charge in [-0.25, -0.2) is 0 Å². The number of aliphatic hydroxyl groups is 2. The molecule has 0 bridgehead atoms. The fourth-order valence-electron chi connectivity index (χ4n) is 0.294. The van der Waals surface area contributed by atoms with Gasteiger partial charge < -0.3 is 10.2 Å². The second kappa shape index (κ2) is 2.45. The Hall–Kier alpha value is -0.410. The highest BCUT2D eigenvalue weighted by atomic mass is 16.3. The van der Waals surface area contributed by atoms with Gasteiger partial charge in [-0.1, -0.05) is 0 Å². The van der Waals surface area contributed by atoms with Crippen molar-refractivity contribution in [1.29, 1.82) is 0 Å². The number of Topliss-reactive ketones (excluding diaryl/α,β-unsaturated/α-hetero) is 1. The third-order valence-corrected chi connectivity index (χ3v) is 1.53. The van der Waals surface area contributed by atoms with Gasteiger partial charge in [-0.3, -0.25) is 4.79 Å². The largest absolute Gasteiger partial charge is 0.390 e. The Kier molecular flexibility index (Phi) is 2.34. The van der Waals surface area contributed by atoms with Crippen LogP contribution in [0.1, 0.15) is 20.8 Å². The van der Waals surface area contributed by atoms with E-state index in [1.807, 2.05) is 0 Å². The fourth-order valence-corrected chi connectivity index (χ4v) is 0.294. The van der Waals surface area contributed by atoms with Gasteiger partial charge in [0.05, 0.1) is 6.10 Å². The van der Waals surface area contributed by atoms with E-state index in [4.69, 9.17) is 10.2 Å². The predicted octanol–water partition coefficient (Wildman–Crippen LogP) is -0.293. The molecule has 0 saturated carbocycles. The Bertz CT molecular complexity index is 115. The zero-order valence-electron chi connectivity index (χ0n) is 5.88. The van der Waals surface area contributed by atoms with Gasteiger partial charge in [0.1, 0.15) is 5.60 Å². The van der Waals surface area contributed by atoms with Crippen molar-refractivity contribution in [3.05, 3.63) is 0 Å². The molecule has 0 spiro atoms. The number of aliphatic hydroxyl groups excluding tert-OH is 1. The molecule has 0 amide bonds. The minimum absolute atomic E-state index is 0.419. The van der Waals surface area contributed by atoms with Crippen LogP contribution in [0.5, 0.6) is 0 Å². The van der Waals surface area contributed by atoms with E-state index < -0.39 is 17.5 Å². The molecule has 2 unspecified atom stereocenters. The summed E-state index contributed by atoms with van der Waals surface area (Å²) in [7, 11) is 0. The molecule has 2 N–H and O–H groups in total. The first-order valence-corrected chi connectivity index (χ1v) is 2.80. The lowest BCUT2D eigenvalue weighted by Crippen LogP contribution is -2.43. The summed E-state index contributed by atoms with van der Waals surface area (Å²) >= 11 is 0. The highest BCUT2D eigenvalue weighted by Gasteiger charge is 2.31. The van der Waals surface area contributed by atoms with Crippen molar-refractivity contribution >= 4 is 5.78 Å². The first-order valence-electron chi connectivity index (χ1n) is 2.80. The number of carbonyl (C=O) groups excluding carboxylic acids is 1. The molecule has 0 aromatic carbocycles. The van der Waals surface area contributed by atoms with E-state index in [2.05, 4.69) is 0 Å². The molecule has 0 aliphatic heterocycles. The number of ketones is 1. The van der Waals surface area contributed by atoms with Crippen LogP contribution in [0.25, 0.3) is 0 Å². The third-order valence-electron chi connectivity index (χ3n) is 1.53. The number of hydrogen-bond acceptors (Lipinski definition) is 3. The molecule has 9 heavy (non-hydrogen) atoms. The summed E-state index contributed by atoms with van der Waals surface area (Å²) in [5, 5.41) is 17.8. The van der Waals surface area contributed by atoms with Crippen LogP contribution < -0.4 is 0 Å². The van der Waals surface area contributed by atoms with Crippen molar-refractivity contribution in [3.63, 3.8) is 0 Å². The lowest BCUT2D eigenvalue weighted by molar-refractivity contribution is -0.143. The fraction of sp³-hybridized carbons (Fsp3) is 0.833. The summed E-state index contributed by atoms with van der Waals surface area (Å²) in [4.78, 5) is 10.5. The molecule has 0 radical (unpaired) electrons. The smallest absolute Gasteiger partial charge is 0.163 e. The number of rotatable bonds is 2. The number of carbonyl (C=O) groups is 1. The van der Waals surface area contributed by atoms with Crippen LogP contribution in [0.2, 0.25) is 0 Å². The van der Waals surface area contributed by atoms with Gasteiger partial charge in [0, 0.05) is 0 Å². The highest BCUT2D eigenvalue weighted by molar-refractivity contribution is 5.84. The van der Waals surface area contributed by atoms with E-state index in [0.29, 0.717) is 0 Å². The lowest BCUT2D eigenvalue weighted by atomic mass is 9.96. The summed E-state index contributed by atoms with van der Waals surface area (Å²) in [6.45, 7) is 3.91. The van der Waals surface area contributed by atoms with Crippen LogP contribution in [-0.4, -0.2) is 27.7 Å². The van der Waals surface area contributed by atoms with Crippen molar-refractivity contribution in [2.45, 2.75) is 32.5 Å². The van der Waals surface area contributed by atoms with Crippen molar-refractivity contribution < 1.29 is 15.0 Å². The molecule has 0 aromatic heterocycles. The van der Waals surface area contributed by atoms with E-state index in [9.17, 15) is 4.79 Å². The molecule has 0 aromatic rings. The summed E-state index contributed by atoms with van der Waals surface area (Å²) in [6, 6.07) is 0. The average molecular weight is 132 g/mol. The van der Waals surface area contributed by atoms with E-state index >= 15 is 0 Å². The monoisotopic (exact) mass is 132 g/mol. The van der Waals surface area contributed by atoms with E-state index in [1.165, 1.54) is 20.8 Å². The zero-order valence-corrected chi connectivity index (χ0v) is 5.88. The van der Waals surface area contributed by atoms with Gasteiger partial charge in [0.25, 0.3) is 0 Å².